The topological polar surface area (TPSA) is 87.5 Å². The molecular formula is C22H22Cl2N4O4S. The van der Waals surface area contributed by atoms with Gasteiger partial charge in [0.1, 0.15) is 17.2 Å². The molecule has 0 spiro atoms. The monoisotopic (exact) mass is 508 g/mol. The molecule has 8 nitrogen and oxygen atoms in total. The maximum absolute atomic E-state index is 12.7. The zero-order chi connectivity index (χ0) is 24.0. The third kappa shape index (κ3) is 5.73. The fraction of sp³-hybridized carbons (Fsp3) is 0.227. The second-order valence-electron chi connectivity index (χ2n) is 6.57. The predicted octanol–water partition coefficient (Wildman–Crippen LogP) is 5.19. The number of thioether (sulfide) groups is 1. The van der Waals surface area contributed by atoms with Gasteiger partial charge in [0.15, 0.2) is 11.0 Å². The van der Waals surface area contributed by atoms with Crippen molar-refractivity contribution in [2.24, 2.45) is 0 Å². The summed E-state index contributed by atoms with van der Waals surface area (Å²) in [6.07, 6.45) is 1.72. The van der Waals surface area contributed by atoms with E-state index in [0.717, 1.165) is 0 Å². The van der Waals surface area contributed by atoms with Crippen LogP contribution >= 0.6 is 35.0 Å². The number of halogens is 2. The number of methoxy groups -OCH3 is 3. The molecule has 3 aromatic rings. The second-order valence-corrected chi connectivity index (χ2v) is 8.36. The van der Waals surface area contributed by atoms with Gasteiger partial charge in [-0.05, 0) is 18.2 Å². The van der Waals surface area contributed by atoms with Crippen LogP contribution in [0.5, 0.6) is 17.2 Å². The van der Waals surface area contributed by atoms with E-state index in [2.05, 4.69) is 22.1 Å². The molecule has 0 bridgehead atoms. The summed E-state index contributed by atoms with van der Waals surface area (Å²) in [5, 5.41) is 12.8. The maximum Gasteiger partial charge on any atom is 0.234 e. The molecule has 1 amide bonds. The first-order chi connectivity index (χ1) is 15.9. The number of carbonyl (C=O) groups is 1. The summed E-state index contributed by atoms with van der Waals surface area (Å²) in [4.78, 5) is 12.7. The van der Waals surface area contributed by atoms with Gasteiger partial charge in [0.2, 0.25) is 5.91 Å². The fourth-order valence-corrected chi connectivity index (χ4v) is 4.17. The molecule has 0 aliphatic carbocycles. The molecule has 2 aromatic carbocycles. The lowest BCUT2D eigenvalue weighted by atomic mass is 10.2. The van der Waals surface area contributed by atoms with Crippen LogP contribution < -0.4 is 19.5 Å². The molecule has 0 atom stereocenters. The first kappa shape index (κ1) is 24.8. The van der Waals surface area contributed by atoms with Crippen LogP contribution in [0.25, 0.3) is 11.4 Å². The number of allylic oxidation sites excluding steroid dienone is 1. The van der Waals surface area contributed by atoms with Crippen LogP contribution in [-0.4, -0.2) is 47.8 Å². The molecule has 0 aliphatic heterocycles. The van der Waals surface area contributed by atoms with Gasteiger partial charge < -0.3 is 19.5 Å². The zero-order valence-electron chi connectivity index (χ0n) is 18.2. The molecule has 0 fully saturated rings. The number of hydrogen-bond donors (Lipinski definition) is 1. The third-order valence-electron chi connectivity index (χ3n) is 4.51. The molecule has 1 aromatic heterocycles. The minimum atomic E-state index is -0.266. The summed E-state index contributed by atoms with van der Waals surface area (Å²) in [5.74, 6) is 1.82. The number of amides is 1. The number of rotatable bonds is 10. The average molecular weight is 509 g/mol. The van der Waals surface area contributed by atoms with Crippen LogP contribution in [-0.2, 0) is 11.3 Å². The Kier molecular flexibility index (Phi) is 8.49. The number of nitrogens with one attached hydrogen (secondary N) is 1. The number of benzene rings is 2. The number of nitrogens with zero attached hydrogens (tertiary/aromatic N) is 3. The summed E-state index contributed by atoms with van der Waals surface area (Å²) < 4.78 is 17.8. The minimum Gasteiger partial charge on any atom is -0.496 e. The van der Waals surface area contributed by atoms with E-state index in [1.165, 1.54) is 26.0 Å². The lowest BCUT2D eigenvalue weighted by Crippen LogP contribution is -2.15. The number of hydrogen-bond acceptors (Lipinski definition) is 7. The highest BCUT2D eigenvalue weighted by Crippen LogP contribution is 2.36. The Balaban J connectivity index is 1.81. The molecule has 0 unspecified atom stereocenters. The second kappa shape index (κ2) is 11.3. The highest BCUT2D eigenvalue weighted by Gasteiger charge is 2.19. The molecule has 0 radical (unpaired) electrons. The Labute approximate surface area is 205 Å². The lowest BCUT2D eigenvalue weighted by molar-refractivity contribution is -0.113. The Hall–Kier alpha value is -2.88. The van der Waals surface area contributed by atoms with Crippen molar-refractivity contribution in [3.05, 3.63) is 53.0 Å². The molecule has 1 heterocycles. The van der Waals surface area contributed by atoms with Crippen LogP contribution in [0.4, 0.5) is 5.69 Å². The van der Waals surface area contributed by atoms with E-state index in [9.17, 15) is 4.79 Å². The molecule has 1 N–H and O–H groups in total. The van der Waals surface area contributed by atoms with Gasteiger partial charge >= 0.3 is 0 Å². The van der Waals surface area contributed by atoms with E-state index in [0.29, 0.717) is 56.1 Å². The van der Waals surface area contributed by atoms with Crippen molar-refractivity contribution in [3.8, 4) is 28.6 Å². The zero-order valence-corrected chi connectivity index (χ0v) is 20.6. The molecule has 0 saturated carbocycles. The summed E-state index contributed by atoms with van der Waals surface area (Å²) in [7, 11) is 4.56. The van der Waals surface area contributed by atoms with E-state index in [1.54, 1.807) is 43.5 Å². The Morgan fingerprint density at radius 3 is 2.48 bits per heavy atom. The van der Waals surface area contributed by atoms with Gasteiger partial charge in [-0.1, -0.05) is 41.0 Å². The number of anilines is 1. The molecule has 11 heteroatoms. The maximum atomic E-state index is 12.7. The van der Waals surface area contributed by atoms with Gasteiger partial charge in [-0.25, -0.2) is 0 Å². The van der Waals surface area contributed by atoms with E-state index in [1.807, 2.05) is 4.57 Å². The summed E-state index contributed by atoms with van der Waals surface area (Å²) >= 11 is 13.5. The molecule has 3 rings (SSSR count). The van der Waals surface area contributed by atoms with Gasteiger partial charge in [0.05, 0.1) is 43.4 Å². The minimum absolute atomic E-state index is 0.0794. The highest BCUT2D eigenvalue weighted by molar-refractivity contribution is 7.99. The van der Waals surface area contributed by atoms with Crippen LogP contribution in [0.3, 0.4) is 0 Å². The molecule has 0 aliphatic rings. The van der Waals surface area contributed by atoms with Crippen molar-refractivity contribution in [1.29, 1.82) is 0 Å². The van der Waals surface area contributed by atoms with Crippen LogP contribution in [0, 0.1) is 0 Å². The van der Waals surface area contributed by atoms with E-state index >= 15 is 0 Å². The van der Waals surface area contributed by atoms with E-state index in [4.69, 9.17) is 37.4 Å². The average Bonchev–Trinajstić information content (AvgIpc) is 3.21. The quantitative estimate of drug-likeness (QED) is 0.297. The molecular weight excluding hydrogens is 487 g/mol. The van der Waals surface area contributed by atoms with Crippen molar-refractivity contribution in [1.82, 2.24) is 14.8 Å². The molecule has 0 saturated heterocycles. The van der Waals surface area contributed by atoms with Crippen LogP contribution in [0.2, 0.25) is 10.0 Å². The van der Waals surface area contributed by atoms with Crippen molar-refractivity contribution in [2.75, 3.05) is 32.4 Å². The van der Waals surface area contributed by atoms with Crippen molar-refractivity contribution in [3.63, 3.8) is 0 Å². The summed E-state index contributed by atoms with van der Waals surface area (Å²) in [5.41, 5.74) is 1.13. The molecule has 174 valence electrons. The Bertz CT molecular complexity index is 1170. The van der Waals surface area contributed by atoms with Gasteiger partial charge in [0, 0.05) is 23.7 Å². The Morgan fingerprint density at radius 2 is 1.82 bits per heavy atom. The van der Waals surface area contributed by atoms with Crippen molar-refractivity contribution >= 4 is 46.6 Å². The number of aromatic nitrogens is 3. The number of ether oxygens (including phenoxy) is 3. The highest BCUT2D eigenvalue weighted by atomic mass is 35.5. The summed E-state index contributed by atoms with van der Waals surface area (Å²) in [6.45, 7) is 4.24. The van der Waals surface area contributed by atoms with Crippen LogP contribution in [0.1, 0.15) is 0 Å². The first-order valence-electron chi connectivity index (χ1n) is 9.64. The van der Waals surface area contributed by atoms with E-state index in [-0.39, 0.29) is 11.7 Å². The third-order valence-corrected chi connectivity index (χ3v) is 6.01. The van der Waals surface area contributed by atoms with Gasteiger partial charge in [-0.3, -0.25) is 9.36 Å². The lowest BCUT2D eigenvalue weighted by Gasteiger charge is -2.13. The SMILES string of the molecule is C=CCn1c(SCC(=O)Nc2cc(OC)c(Cl)cc2OC)nnc1-c1cc(Cl)ccc1OC. The van der Waals surface area contributed by atoms with Gasteiger partial charge in [-0.15, -0.1) is 16.8 Å². The van der Waals surface area contributed by atoms with Crippen LogP contribution in [0.15, 0.2) is 48.1 Å². The normalized spacial score (nSPS) is 10.6. The van der Waals surface area contributed by atoms with Crippen molar-refractivity contribution in [2.45, 2.75) is 11.7 Å². The first-order valence-corrected chi connectivity index (χ1v) is 11.4. The summed E-state index contributed by atoms with van der Waals surface area (Å²) in [6, 6.07) is 8.43. The van der Waals surface area contributed by atoms with E-state index < -0.39 is 0 Å². The largest absolute Gasteiger partial charge is 0.496 e. The Morgan fingerprint density at radius 1 is 1.09 bits per heavy atom. The molecule has 33 heavy (non-hydrogen) atoms. The fourth-order valence-electron chi connectivity index (χ4n) is 3.02. The predicted molar refractivity (Wildman–Crippen MR) is 131 cm³/mol. The smallest absolute Gasteiger partial charge is 0.234 e. The van der Waals surface area contributed by atoms with Gasteiger partial charge in [-0.2, -0.15) is 0 Å². The standard InChI is InChI=1S/C22H22Cl2N4O4S/c1-5-8-28-21(14-9-13(23)6-7-17(14)30-2)26-27-22(28)33-12-20(29)25-16-11-18(31-3)15(24)10-19(16)32-4/h5-7,9-11H,1,8,12H2,2-4H3,(H,25,29). The number of carbonyl (C=O) groups excluding carboxylic acids is 1. The van der Waals surface area contributed by atoms with Crippen molar-refractivity contribution < 1.29 is 19.0 Å². The van der Waals surface area contributed by atoms with Gasteiger partial charge in [0.25, 0.3) is 0 Å².